The molecule has 0 bridgehead atoms. The summed E-state index contributed by atoms with van der Waals surface area (Å²) in [4.78, 5) is 10.9. The van der Waals surface area contributed by atoms with Gasteiger partial charge >= 0.3 is 0 Å². The van der Waals surface area contributed by atoms with Crippen molar-refractivity contribution in [1.82, 2.24) is 5.32 Å². The number of amides is 1. The van der Waals surface area contributed by atoms with E-state index in [1.807, 2.05) is 18.2 Å². The molecule has 1 aliphatic carbocycles. The lowest BCUT2D eigenvalue weighted by molar-refractivity contribution is -0.119. The van der Waals surface area contributed by atoms with Crippen LogP contribution >= 0.6 is 15.9 Å². The molecule has 0 radical (unpaired) electrons. The van der Waals surface area contributed by atoms with Crippen molar-refractivity contribution in [3.63, 3.8) is 0 Å². The van der Waals surface area contributed by atoms with E-state index in [-0.39, 0.29) is 16.3 Å². The SMILES string of the molecule is CC(=O)NC1CC1(Br)c1ccccc1. The maximum Gasteiger partial charge on any atom is 0.217 e. The van der Waals surface area contributed by atoms with E-state index < -0.39 is 0 Å². The normalized spacial score (nSPS) is 29.7. The van der Waals surface area contributed by atoms with Crippen molar-refractivity contribution in [2.24, 2.45) is 0 Å². The number of hydrogen-bond donors (Lipinski definition) is 1. The van der Waals surface area contributed by atoms with Gasteiger partial charge in [-0.05, 0) is 12.0 Å². The first-order valence-electron chi connectivity index (χ1n) is 4.64. The molecule has 2 rings (SSSR count). The zero-order valence-corrected chi connectivity index (χ0v) is 9.54. The maximum atomic E-state index is 10.9. The summed E-state index contributed by atoms with van der Waals surface area (Å²) >= 11 is 3.68. The van der Waals surface area contributed by atoms with Crippen LogP contribution in [0.4, 0.5) is 0 Å². The van der Waals surface area contributed by atoms with Gasteiger partial charge in [0.1, 0.15) is 0 Å². The van der Waals surface area contributed by atoms with E-state index in [1.165, 1.54) is 5.56 Å². The van der Waals surface area contributed by atoms with Crippen LogP contribution in [0.3, 0.4) is 0 Å². The standard InChI is InChI=1S/C11H12BrNO/c1-8(14)13-10-7-11(10,12)9-5-3-2-4-6-9/h2-6,10H,7H2,1H3,(H,13,14). The lowest BCUT2D eigenvalue weighted by Crippen LogP contribution is -2.26. The van der Waals surface area contributed by atoms with Gasteiger partial charge in [-0.1, -0.05) is 46.3 Å². The van der Waals surface area contributed by atoms with Gasteiger partial charge in [-0.25, -0.2) is 0 Å². The monoisotopic (exact) mass is 253 g/mol. The summed E-state index contributed by atoms with van der Waals surface area (Å²) in [6.07, 6.45) is 0.969. The lowest BCUT2D eigenvalue weighted by Gasteiger charge is -2.09. The van der Waals surface area contributed by atoms with Gasteiger partial charge in [0, 0.05) is 6.92 Å². The molecule has 1 aliphatic rings. The van der Waals surface area contributed by atoms with Gasteiger partial charge in [-0.3, -0.25) is 4.79 Å². The summed E-state index contributed by atoms with van der Waals surface area (Å²) in [5.74, 6) is 0.0345. The third-order valence-corrected chi connectivity index (χ3v) is 3.86. The largest absolute Gasteiger partial charge is 0.352 e. The van der Waals surface area contributed by atoms with Gasteiger partial charge in [-0.2, -0.15) is 0 Å². The molecule has 1 aromatic carbocycles. The quantitative estimate of drug-likeness (QED) is 0.805. The first-order valence-corrected chi connectivity index (χ1v) is 5.44. The Kier molecular flexibility index (Phi) is 2.35. The van der Waals surface area contributed by atoms with E-state index in [9.17, 15) is 4.79 Å². The molecule has 1 amide bonds. The van der Waals surface area contributed by atoms with Gasteiger partial charge in [0.05, 0.1) is 10.4 Å². The van der Waals surface area contributed by atoms with Crippen molar-refractivity contribution in [3.8, 4) is 0 Å². The Bertz CT molecular complexity index is 352. The van der Waals surface area contributed by atoms with Crippen LogP contribution in [0.1, 0.15) is 18.9 Å². The van der Waals surface area contributed by atoms with Crippen molar-refractivity contribution in [1.29, 1.82) is 0 Å². The van der Waals surface area contributed by atoms with Crippen LogP contribution in [0, 0.1) is 0 Å². The van der Waals surface area contributed by atoms with Crippen LogP contribution in [0.5, 0.6) is 0 Å². The molecule has 1 N–H and O–H groups in total. The highest BCUT2D eigenvalue weighted by Gasteiger charge is 2.54. The Morgan fingerprint density at radius 1 is 1.50 bits per heavy atom. The second kappa shape index (κ2) is 3.39. The Labute approximate surface area is 91.8 Å². The highest BCUT2D eigenvalue weighted by molar-refractivity contribution is 9.09. The van der Waals surface area contributed by atoms with Crippen molar-refractivity contribution < 1.29 is 4.79 Å². The van der Waals surface area contributed by atoms with Crippen LogP contribution in [0.15, 0.2) is 30.3 Å². The minimum atomic E-state index is -0.0278. The number of carbonyl (C=O) groups excluding carboxylic acids is 1. The molecule has 14 heavy (non-hydrogen) atoms. The summed E-state index contributed by atoms with van der Waals surface area (Å²) in [6.45, 7) is 1.55. The molecule has 0 aliphatic heterocycles. The number of rotatable bonds is 2. The number of halogens is 1. The average Bonchev–Trinajstić information content (AvgIpc) is 2.79. The van der Waals surface area contributed by atoms with Crippen molar-refractivity contribution in [3.05, 3.63) is 35.9 Å². The first-order chi connectivity index (χ1) is 6.63. The average molecular weight is 254 g/mol. The maximum absolute atomic E-state index is 10.9. The molecule has 1 fully saturated rings. The van der Waals surface area contributed by atoms with E-state index in [0.29, 0.717) is 0 Å². The first kappa shape index (κ1) is 9.71. The molecule has 2 nitrogen and oxygen atoms in total. The molecule has 3 heteroatoms. The molecule has 2 atom stereocenters. The van der Waals surface area contributed by atoms with Crippen molar-refractivity contribution in [2.75, 3.05) is 0 Å². The molecule has 74 valence electrons. The lowest BCUT2D eigenvalue weighted by atomic mass is 10.1. The van der Waals surface area contributed by atoms with Gasteiger partial charge in [-0.15, -0.1) is 0 Å². The summed E-state index contributed by atoms with van der Waals surface area (Å²) in [5.41, 5.74) is 1.23. The van der Waals surface area contributed by atoms with Crippen LogP contribution in [-0.2, 0) is 9.12 Å². The third-order valence-electron chi connectivity index (χ3n) is 2.52. The topological polar surface area (TPSA) is 29.1 Å². The molecular formula is C11H12BrNO. The summed E-state index contributed by atoms with van der Waals surface area (Å²) < 4.78 is -0.0278. The summed E-state index contributed by atoms with van der Waals surface area (Å²) in [6, 6.07) is 10.4. The molecular weight excluding hydrogens is 242 g/mol. The third kappa shape index (κ3) is 1.69. The van der Waals surface area contributed by atoms with Crippen LogP contribution in [0.2, 0.25) is 0 Å². The summed E-state index contributed by atoms with van der Waals surface area (Å²) in [7, 11) is 0. The fraction of sp³-hybridized carbons (Fsp3) is 0.364. The fourth-order valence-electron chi connectivity index (χ4n) is 1.68. The minimum absolute atomic E-state index is 0.0278. The predicted octanol–water partition coefficient (Wildman–Crippen LogP) is 2.19. The molecule has 2 unspecified atom stereocenters. The Morgan fingerprint density at radius 3 is 2.71 bits per heavy atom. The second-order valence-electron chi connectivity index (χ2n) is 3.69. The van der Waals surface area contributed by atoms with Gasteiger partial charge in [0.15, 0.2) is 0 Å². The zero-order valence-electron chi connectivity index (χ0n) is 7.96. The second-order valence-corrected chi connectivity index (χ2v) is 5.10. The molecule has 1 aromatic rings. The van der Waals surface area contributed by atoms with E-state index in [4.69, 9.17) is 0 Å². The number of nitrogens with one attached hydrogen (secondary N) is 1. The smallest absolute Gasteiger partial charge is 0.217 e. The number of hydrogen-bond acceptors (Lipinski definition) is 1. The van der Waals surface area contributed by atoms with Gasteiger partial charge in [0.25, 0.3) is 0 Å². The number of carbonyl (C=O) groups is 1. The van der Waals surface area contributed by atoms with Gasteiger partial charge < -0.3 is 5.32 Å². The number of alkyl halides is 1. The van der Waals surface area contributed by atoms with Crippen molar-refractivity contribution in [2.45, 2.75) is 23.7 Å². The minimum Gasteiger partial charge on any atom is -0.352 e. The Balaban J connectivity index is 2.11. The predicted molar refractivity (Wildman–Crippen MR) is 59.3 cm³/mol. The van der Waals surface area contributed by atoms with Crippen molar-refractivity contribution >= 4 is 21.8 Å². The van der Waals surface area contributed by atoms with E-state index in [2.05, 4.69) is 33.4 Å². The highest BCUT2D eigenvalue weighted by Crippen LogP contribution is 2.53. The molecule has 0 heterocycles. The van der Waals surface area contributed by atoms with E-state index >= 15 is 0 Å². The van der Waals surface area contributed by atoms with E-state index in [1.54, 1.807) is 6.92 Å². The van der Waals surface area contributed by atoms with E-state index in [0.717, 1.165) is 6.42 Å². The Morgan fingerprint density at radius 2 is 2.14 bits per heavy atom. The number of benzene rings is 1. The van der Waals surface area contributed by atoms with Crippen LogP contribution in [-0.4, -0.2) is 11.9 Å². The fourth-order valence-corrected chi connectivity index (χ4v) is 2.39. The van der Waals surface area contributed by atoms with Gasteiger partial charge in [0.2, 0.25) is 5.91 Å². The van der Waals surface area contributed by atoms with Crippen LogP contribution in [0.25, 0.3) is 0 Å². The molecule has 0 aromatic heterocycles. The molecule has 0 spiro atoms. The summed E-state index contributed by atoms with van der Waals surface area (Å²) in [5, 5.41) is 2.92. The highest BCUT2D eigenvalue weighted by atomic mass is 79.9. The molecule has 0 saturated heterocycles. The molecule has 1 saturated carbocycles. The zero-order chi connectivity index (χ0) is 10.2. The van der Waals surface area contributed by atoms with Crippen LogP contribution < -0.4 is 5.32 Å². The Hall–Kier alpha value is -0.830.